The van der Waals surface area contributed by atoms with E-state index < -0.39 is 6.10 Å². The molecule has 1 fully saturated rings. The molecule has 0 radical (unpaired) electrons. The van der Waals surface area contributed by atoms with Crippen molar-refractivity contribution in [3.05, 3.63) is 21.1 Å². The lowest BCUT2D eigenvalue weighted by Gasteiger charge is -2.37. The highest BCUT2D eigenvalue weighted by molar-refractivity contribution is 8.00. The zero-order valence-corrected chi connectivity index (χ0v) is 12.8. The third-order valence-electron chi connectivity index (χ3n) is 3.47. The predicted molar refractivity (Wildman–Crippen MR) is 80.3 cm³/mol. The summed E-state index contributed by atoms with van der Waals surface area (Å²) < 4.78 is 0. The molecule has 2 rings (SSSR count). The number of nitro groups is 1. The second kappa shape index (κ2) is 5.68. The first-order valence-electron chi connectivity index (χ1n) is 6.26. The van der Waals surface area contributed by atoms with Crippen molar-refractivity contribution in [1.82, 2.24) is 0 Å². The minimum absolute atomic E-state index is 0.117. The highest BCUT2D eigenvalue weighted by atomic mass is 32.2. The quantitative estimate of drug-likeness (QED) is 0.686. The van der Waals surface area contributed by atoms with Crippen LogP contribution >= 0.6 is 23.1 Å². The topological polar surface area (TPSA) is 66.6 Å². The number of thiophene rings is 1. The molecule has 7 heteroatoms. The second-order valence-electron chi connectivity index (χ2n) is 4.78. The average Bonchev–Trinajstić information content (AvgIpc) is 2.77. The van der Waals surface area contributed by atoms with Gasteiger partial charge >= 0.3 is 5.69 Å². The summed E-state index contributed by atoms with van der Waals surface area (Å²) in [5, 5.41) is 21.9. The van der Waals surface area contributed by atoms with Crippen LogP contribution in [-0.2, 0) is 0 Å². The lowest BCUT2D eigenvalue weighted by molar-refractivity contribution is -0.383. The smallest absolute Gasteiger partial charge is 0.304 e. The van der Waals surface area contributed by atoms with Crippen LogP contribution in [-0.4, -0.2) is 33.6 Å². The van der Waals surface area contributed by atoms with Gasteiger partial charge in [-0.3, -0.25) is 10.1 Å². The summed E-state index contributed by atoms with van der Waals surface area (Å²) in [5.41, 5.74) is 0.117. The fraction of sp³-hybridized carbons (Fsp3) is 0.667. The largest absolute Gasteiger partial charge is 0.388 e. The molecule has 0 saturated carbocycles. The van der Waals surface area contributed by atoms with Gasteiger partial charge in [0, 0.05) is 34.5 Å². The van der Waals surface area contributed by atoms with Crippen molar-refractivity contribution in [1.29, 1.82) is 0 Å². The fourth-order valence-corrected chi connectivity index (χ4v) is 4.43. The van der Waals surface area contributed by atoms with E-state index in [0.29, 0.717) is 15.1 Å². The molecule has 5 nitrogen and oxygen atoms in total. The van der Waals surface area contributed by atoms with Gasteiger partial charge in [0.05, 0.1) is 11.0 Å². The van der Waals surface area contributed by atoms with Crippen LogP contribution in [0.1, 0.15) is 31.8 Å². The van der Waals surface area contributed by atoms with E-state index in [0.717, 1.165) is 12.3 Å². The minimum atomic E-state index is -0.663. The number of rotatable bonds is 3. The van der Waals surface area contributed by atoms with Crippen LogP contribution in [0.15, 0.2) is 6.07 Å². The lowest BCUT2D eigenvalue weighted by atomic mass is 10.2. The highest BCUT2D eigenvalue weighted by Crippen LogP contribution is 2.43. The molecule has 1 aliphatic heterocycles. The van der Waals surface area contributed by atoms with Crippen molar-refractivity contribution in [2.24, 2.45) is 0 Å². The van der Waals surface area contributed by atoms with Gasteiger partial charge in [-0.25, -0.2) is 0 Å². The normalized spacial score (nSPS) is 25.4. The van der Waals surface area contributed by atoms with Crippen LogP contribution in [0.25, 0.3) is 0 Å². The van der Waals surface area contributed by atoms with Gasteiger partial charge in [0.2, 0.25) is 0 Å². The van der Waals surface area contributed by atoms with E-state index in [4.69, 9.17) is 0 Å². The van der Waals surface area contributed by atoms with Gasteiger partial charge in [0.1, 0.15) is 0 Å². The number of hydrogen-bond donors (Lipinski definition) is 1. The van der Waals surface area contributed by atoms with Crippen molar-refractivity contribution in [2.45, 2.75) is 38.2 Å². The average molecular weight is 302 g/mol. The maximum absolute atomic E-state index is 11.2. The predicted octanol–water partition coefficient (Wildman–Crippen LogP) is 3.04. The Morgan fingerprint density at radius 1 is 1.58 bits per heavy atom. The Balaban J connectivity index is 2.39. The number of nitrogens with zero attached hydrogens (tertiary/aromatic N) is 2. The number of anilines is 1. The van der Waals surface area contributed by atoms with Crippen molar-refractivity contribution in [3.63, 3.8) is 0 Å². The number of aliphatic hydroxyl groups excluding tert-OH is 1. The first kappa shape index (κ1) is 14.6. The molecule has 0 bridgehead atoms. The van der Waals surface area contributed by atoms with Crippen molar-refractivity contribution >= 4 is 33.8 Å². The number of hydrogen-bond acceptors (Lipinski definition) is 6. The molecule has 0 amide bonds. The molecule has 19 heavy (non-hydrogen) atoms. The molecule has 106 valence electrons. The maximum Gasteiger partial charge on any atom is 0.304 e. The Hall–Kier alpha value is -0.790. The molecule has 2 unspecified atom stereocenters. The first-order valence-corrected chi connectivity index (χ1v) is 8.12. The van der Waals surface area contributed by atoms with Crippen LogP contribution in [0.4, 0.5) is 10.7 Å². The Kier molecular flexibility index (Phi) is 4.37. The molecular weight excluding hydrogens is 284 g/mol. The van der Waals surface area contributed by atoms with Gasteiger partial charge in [-0.05, 0) is 13.8 Å². The number of aliphatic hydroxyl groups is 1. The van der Waals surface area contributed by atoms with E-state index in [1.165, 1.54) is 17.4 Å². The van der Waals surface area contributed by atoms with Gasteiger partial charge in [-0.15, -0.1) is 11.3 Å². The molecule has 1 aliphatic rings. The standard InChI is InChI=1S/C12H18N2O3S2/c1-7-9(3)18-5-4-13(7)12-10(14(16)17)6-11(19-12)8(2)15/h6-9,15H,4-5H2,1-3H3/t7?,8-,9?/m1/s1. The summed E-state index contributed by atoms with van der Waals surface area (Å²) in [6.45, 7) is 6.70. The summed E-state index contributed by atoms with van der Waals surface area (Å²) in [6.07, 6.45) is -0.663. The molecule has 0 spiro atoms. The molecule has 3 atom stereocenters. The highest BCUT2D eigenvalue weighted by Gasteiger charge is 2.32. The zero-order chi connectivity index (χ0) is 14.2. The summed E-state index contributed by atoms with van der Waals surface area (Å²) in [7, 11) is 0. The molecule has 1 saturated heterocycles. The van der Waals surface area contributed by atoms with Crippen molar-refractivity contribution < 1.29 is 10.0 Å². The van der Waals surface area contributed by atoms with E-state index in [1.54, 1.807) is 6.92 Å². The van der Waals surface area contributed by atoms with Gasteiger partial charge in [-0.2, -0.15) is 11.8 Å². The van der Waals surface area contributed by atoms with Crippen molar-refractivity contribution in [2.75, 3.05) is 17.2 Å². The van der Waals surface area contributed by atoms with Crippen LogP contribution in [0.2, 0.25) is 0 Å². The Morgan fingerprint density at radius 3 is 2.84 bits per heavy atom. The van der Waals surface area contributed by atoms with Gasteiger partial charge in [-0.1, -0.05) is 6.92 Å². The SMILES string of the molecule is CC1SCCN(c2sc([C@@H](C)O)cc2[N+](=O)[O-])C1C. The van der Waals surface area contributed by atoms with E-state index in [2.05, 4.69) is 18.7 Å². The third-order valence-corrected chi connectivity index (χ3v) is 6.14. The van der Waals surface area contributed by atoms with Crippen molar-refractivity contribution in [3.8, 4) is 0 Å². The third kappa shape index (κ3) is 2.88. The zero-order valence-electron chi connectivity index (χ0n) is 11.2. The molecule has 0 aliphatic carbocycles. The molecule has 1 aromatic heterocycles. The van der Waals surface area contributed by atoms with Crippen LogP contribution in [0.3, 0.4) is 0 Å². The van der Waals surface area contributed by atoms with Gasteiger partial charge in [0.25, 0.3) is 0 Å². The van der Waals surface area contributed by atoms with E-state index in [-0.39, 0.29) is 16.7 Å². The molecular formula is C12H18N2O3S2. The monoisotopic (exact) mass is 302 g/mol. The first-order chi connectivity index (χ1) is 8.91. The van der Waals surface area contributed by atoms with E-state index in [1.807, 2.05) is 11.8 Å². The maximum atomic E-state index is 11.2. The summed E-state index contributed by atoms with van der Waals surface area (Å²) >= 11 is 3.23. The van der Waals surface area contributed by atoms with Crippen LogP contribution in [0, 0.1) is 10.1 Å². The molecule has 0 aromatic carbocycles. The number of thioether (sulfide) groups is 1. The Bertz CT molecular complexity index is 476. The Labute approximate surface area is 120 Å². The van der Waals surface area contributed by atoms with Gasteiger partial charge in [0.15, 0.2) is 5.00 Å². The lowest BCUT2D eigenvalue weighted by Crippen LogP contribution is -2.44. The minimum Gasteiger partial charge on any atom is -0.388 e. The van der Waals surface area contributed by atoms with Gasteiger partial charge < -0.3 is 10.0 Å². The van der Waals surface area contributed by atoms with Crippen LogP contribution < -0.4 is 4.90 Å². The summed E-state index contributed by atoms with van der Waals surface area (Å²) in [6, 6.07) is 1.77. The fourth-order valence-electron chi connectivity index (χ4n) is 2.15. The molecule has 1 N–H and O–H groups in total. The second-order valence-corrected chi connectivity index (χ2v) is 7.33. The molecule has 1 aromatic rings. The summed E-state index contributed by atoms with van der Waals surface area (Å²) in [4.78, 5) is 13.6. The van der Waals surface area contributed by atoms with E-state index in [9.17, 15) is 15.2 Å². The van der Waals surface area contributed by atoms with Crippen LogP contribution in [0.5, 0.6) is 0 Å². The molecule has 2 heterocycles. The van der Waals surface area contributed by atoms with E-state index >= 15 is 0 Å². The Morgan fingerprint density at radius 2 is 2.26 bits per heavy atom. The summed E-state index contributed by atoms with van der Waals surface area (Å²) in [5.74, 6) is 0.977.